The fourth-order valence-electron chi connectivity index (χ4n) is 8.70. The third kappa shape index (κ3) is 9.30. The second-order valence-corrected chi connectivity index (χ2v) is 16.1. The minimum Gasteiger partial charge on any atom is -0.381 e. The van der Waals surface area contributed by atoms with Gasteiger partial charge in [-0.15, -0.1) is 0 Å². The first kappa shape index (κ1) is 41.0. The molecule has 1 aromatic carbocycles. The van der Waals surface area contributed by atoms with E-state index in [1.54, 1.807) is 10.8 Å². The van der Waals surface area contributed by atoms with Crippen LogP contribution in [0.1, 0.15) is 101 Å². The van der Waals surface area contributed by atoms with Crippen LogP contribution in [0, 0.1) is 17.8 Å². The normalized spacial score (nSPS) is 23.9. The maximum atomic E-state index is 15.3. The quantitative estimate of drug-likeness (QED) is 0.162. The zero-order chi connectivity index (χ0) is 40.1. The van der Waals surface area contributed by atoms with Crippen molar-refractivity contribution >= 4 is 29.5 Å². The highest BCUT2D eigenvalue weighted by molar-refractivity contribution is 5.98. The second-order valence-electron chi connectivity index (χ2n) is 16.1. The zero-order valence-corrected chi connectivity index (χ0v) is 32.2. The van der Waals surface area contributed by atoms with Gasteiger partial charge in [0.25, 0.3) is 17.7 Å². The number of halogens is 2. The van der Waals surface area contributed by atoms with Crippen LogP contribution in [0.3, 0.4) is 0 Å². The van der Waals surface area contributed by atoms with Crippen LogP contribution in [-0.2, 0) is 25.7 Å². The number of benzene rings is 1. The summed E-state index contributed by atoms with van der Waals surface area (Å²) in [6, 6.07) is 4.74. The Morgan fingerprint density at radius 2 is 1.70 bits per heavy atom. The molecule has 5 amide bonds. The first-order chi connectivity index (χ1) is 26.8. The summed E-state index contributed by atoms with van der Waals surface area (Å²) in [5.41, 5.74) is 1.17. The van der Waals surface area contributed by atoms with E-state index in [2.05, 4.69) is 32.8 Å². The van der Waals surface area contributed by atoms with E-state index in [0.29, 0.717) is 25.8 Å². The number of fused-ring (bicyclic) bond motifs is 1. The molecule has 0 bridgehead atoms. The van der Waals surface area contributed by atoms with Crippen molar-refractivity contribution < 1.29 is 37.9 Å². The van der Waals surface area contributed by atoms with E-state index < -0.39 is 90.5 Å². The number of imidazole rings is 1. The molecule has 7 atom stereocenters. The zero-order valence-electron chi connectivity index (χ0n) is 32.2. The van der Waals surface area contributed by atoms with Crippen molar-refractivity contribution in [2.24, 2.45) is 17.8 Å². The largest absolute Gasteiger partial charge is 0.381 e. The number of aliphatic hydroxyl groups is 1. The second kappa shape index (κ2) is 17.6. The number of carbonyl (C=O) groups is 5. The SMILES string of the molecule is C=C(C)[C@H](NC(=O)[C@@H](NC(=O)c1nccn1Cc1ccccc1)C1CCCCC1)C(=O)N1C[C@H]2[C@H](CCC2(F)F)[C@H]1C(=O)N[C@@H](CCC)C(O)C(=O)NC1CC1. The van der Waals surface area contributed by atoms with E-state index in [9.17, 15) is 29.1 Å². The summed E-state index contributed by atoms with van der Waals surface area (Å²) in [6.45, 7) is 7.26. The highest BCUT2D eigenvalue weighted by Crippen LogP contribution is 2.51. The van der Waals surface area contributed by atoms with E-state index in [0.717, 1.165) is 42.6 Å². The van der Waals surface area contributed by atoms with Crippen LogP contribution in [0.2, 0.25) is 0 Å². The number of hydrogen-bond donors (Lipinski definition) is 5. The highest BCUT2D eigenvalue weighted by Gasteiger charge is 2.61. The van der Waals surface area contributed by atoms with Gasteiger partial charge in [-0.25, -0.2) is 13.8 Å². The van der Waals surface area contributed by atoms with Crippen molar-refractivity contribution in [2.75, 3.05) is 6.54 Å². The molecule has 0 spiro atoms. The molecule has 4 fully saturated rings. The molecule has 5 N–H and O–H groups in total. The van der Waals surface area contributed by atoms with Gasteiger partial charge in [0.05, 0.1) is 6.04 Å². The Bertz CT molecular complexity index is 1760. The van der Waals surface area contributed by atoms with Gasteiger partial charge in [0.2, 0.25) is 17.7 Å². The number of likely N-dealkylation sites (tertiary alicyclic amines) is 1. The lowest BCUT2D eigenvalue weighted by Gasteiger charge is -2.34. The monoisotopic (exact) mass is 779 g/mol. The van der Waals surface area contributed by atoms with E-state index in [1.807, 2.05) is 37.3 Å². The molecular formula is C41H55F2N7O6. The molecule has 56 heavy (non-hydrogen) atoms. The minimum atomic E-state index is -3.13. The van der Waals surface area contributed by atoms with Crippen molar-refractivity contribution in [3.8, 4) is 0 Å². The number of nitrogens with one attached hydrogen (secondary N) is 4. The van der Waals surface area contributed by atoms with Gasteiger partial charge >= 0.3 is 0 Å². The predicted molar refractivity (Wildman–Crippen MR) is 203 cm³/mol. The molecule has 6 rings (SSSR count). The Hall–Kier alpha value is -4.66. The molecule has 304 valence electrons. The summed E-state index contributed by atoms with van der Waals surface area (Å²) < 4.78 is 32.3. The molecule has 3 aliphatic carbocycles. The summed E-state index contributed by atoms with van der Waals surface area (Å²) in [5, 5.41) is 22.1. The summed E-state index contributed by atoms with van der Waals surface area (Å²) in [6.07, 6.45) is 7.54. The Labute approximate surface area is 326 Å². The molecule has 0 radical (unpaired) electrons. The molecule has 13 nitrogen and oxygen atoms in total. The Balaban J connectivity index is 1.21. The van der Waals surface area contributed by atoms with E-state index in [4.69, 9.17) is 0 Å². The number of aliphatic hydroxyl groups excluding tert-OH is 1. The number of amides is 5. The molecule has 1 aromatic heterocycles. The highest BCUT2D eigenvalue weighted by atomic mass is 19.3. The molecule has 2 aromatic rings. The maximum absolute atomic E-state index is 15.3. The first-order valence-corrected chi connectivity index (χ1v) is 20.1. The minimum absolute atomic E-state index is 0.0113. The maximum Gasteiger partial charge on any atom is 0.287 e. The van der Waals surface area contributed by atoms with Gasteiger partial charge in [0.15, 0.2) is 11.9 Å². The van der Waals surface area contributed by atoms with Crippen LogP contribution in [0.5, 0.6) is 0 Å². The number of rotatable bonds is 16. The average Bonchev–Trinajstić information content (AvgIpc) is 3.58. The van der Waals surface area contributed by atoms with Gasteiger partial charge < -0.3 is 35.8 Å². The standard InChI is InChI=1S/C41H55F2N7O6/c1-4-11-30(34(51)38(54)45-27-16-17-27)46-37(53)33-28-18-19-41(42,43)29(28)23-50(33)40(56)31(24(2)3)47-36(52)32(26-14-9-6-10-15-26)48-39(55)35-44-20-21-49(35)22-25-12-7-5-8-13-25/h5,7-8,12-13,20-21,26-34,51H,2,4,6,9-11,14-19,22-23H2,1,3H3,(H,45,54)(H,46,53)(H,47,52)(H,48,55)/t28-,29-,30-,31-,32-,33-,34?/m0/s1. The summed E-state index contributed by atoms with van der Waals surface area (Å²) in [4.78, 5) is 74.8. The Morgan fingerprint density at radius 3 is 2.36 bits per heavy atom. The number of carbonyl (C=O) groups excluding carboxylic acids is 5. The molecule has 1 saturated heterocycles. The summed E-state index contributed by atoms with van der Waals surface area (Å²) >= 11 is 0. The lowest BCUT2D eigenvalue weighted by Crippen LogP contribution is -2.60. The molecule has 2 heterocycles. The van der Waals surface area contributed by atoms with Crippen LogP contribution in [0.15, 0.2) is 54.9 Å². The smallest absolute Gasteiger partial charge is 0.287 e. The van der Waals surface area contributed by atoms with Gasteiger partial charge in [-0.2, -0.15) is 0 Å². The Morgan fingerprint density at radius 1 is 0.982 bits per heavy atom. The predicted octanol–water partition coefficient (Wildman–Crippen LogP) is 3.47. The van der Waals surface area contributed by atoms with Gasteiger partial charge in [-0.05, 0) is 68.4 Å². The van der Waals surface area contributed by atoms with Crippen molar-refractivity contribution in [3.63, 3.8) is 0 Å². The Kier molecular flexibility index (Phi) is 12.9. The van der Waals surface area contributed by atoms with Crippen LogP contribution in [0.4, 0.5) is 8.78 Å². The van der Waals surface area contributed by atoms with E-state index in [1.165, 1.54) is 13.1 Å². The van der Waals surface area contributed by atoms with Crippen LogP contribution < -0.4 is 21.3 Å². The van der Waals surface area contributed by atoms with Crippen molar-refractivity contribution in [2.45, 2.75) is 133 Å². The number of nitrogens with zero attached hydrogens (tertiary/aromatic N) is 3. The van der Waals surface area contributed by atoms with Gasteiger partial charge in [-0.1, -0.05) is 69.5 Å². The number of hydrogen-bond acceptors (Lipinski definition) is 7. The average molecular weight is 780 g/mol. The van der Waals surface area contributed by atoms with Gasteiger partial charge in [-0.3, -0.25) is 24.0 Å². The van der Waals surface area contributed by atoms with E-state index in [-0.39, 0.29) is 36.2 Å². The van der Waals surface area contributed by atoms with Crippen molar-refractivity contribution in [3.05, 3.63) is 66.3 Å². The fraction of sp³-hybridized carbons (Fsp3) is 0.610. The van der Waals surface area contributed by atoms with Crippen LogP contribution in [0.25, 0.3) is 0 Å². The van der Waals surface area contributed by atoms with Crippen LogP contribution in [-0.4, -0.2) is 97.9 Å². The third-order valence-electron chi connectivity index (χ3n) is 11.9. The summed E-state index contributed by atoms with van der Waals surface area (Å²) in [7, 11) is 0. The van der Waals surface area contributed by atoms with Gasteiger partial charge in [0.1, 0.15) is 18.1 Å². The molecule has 3 saturated carbocycles. The molecular weight excluding hydrogens is 724 g/mol. The van der Waals surface area contributed by atoms with Crippen LogP contribution >= 0.6 is 0 Å². The summed E-state index contributed by atoms with van der Waals surface area (Å²) in [5.74, 6) is -8.78. The lowest BCUT2D eigenvalue weighted by molar-refractivity contribution is -0.143. The van der Waals surface area contributed by atoms with Crippen molar-refractivity contribution in [1.82, 2.24) is 35.7 Å². The molecule has 15 heteroatoms. The molecule has 1 aliphatic heterocycles. The third-order valence-corrected chi connectivity index (χ3v) is 11.9. The fourth-order valence-corrected chi connectivity index (χ4v) is 8.70. The molecule has 1 unspecified atom stereocenters. The molecule has 4 aliphatic rings. The lowest BCUT2D eigenvalue weighted by atomic mass is 9.83. The van der Waals surface area contributed by atoms with Gasteiger partial charge in [0, 0.05) is 43.9 Å². The topological polar surface area (TPSA) is 175 Å². The first-order valence-electron chi connectivity index (χ1n) is 20.1. The van der Waals surface area contributed by atoms with Crippen molar-refractivity contribution in [1.29, 1.82) is 0 Å². The number of aromatic nitrogens is 2. The number of alkyl halides is 2. The van der Waals surface area contributed by atoms with E-state index >= 15 is 8.78 Å².